The van der Waals surface area contributed by atoms with Gasteiger partial charge >= 0.3 is 0 Å². The van der Waals surface area contributed by atoms with Crippen LogP contribution in [0.2, 0.25) is 0 Å². The molecule has 0 aliphatic heterocycles. The fourth-order valence-electron chi connectivity index (χ4n) is 2.06. The second-order valence-electron chi connectivity index (χ2n) is 6.66. The normalized spacial score (nSPS) is 12.2. The molecule has 0 fully saturated rings. The van der Waals surface area contributed by atoms with Gasteiger partial charge in [0.15, 0.2) is 10.2 Å². The van der Waals surface area contributed by atoms with E-state index < -0.39 is 11.2 Å². The maximum Gasteiger partial charge on any atom is 0.189 e. The number of hydrogen-bond acceptors (Lipinski definition) is 14. The zero-order chi connectivity index (χ0) is 26.5. The van der Waals surface area contributed by atoms with E-state index in [1.54, 1.807) is 11.8 Å². The Balaban J connectivity index is 3.27. The van der Waals surface area contributed by atoms with E-state index in [1.807, 2.05) is 70.6 Å². The number of carbonyl (C=O) groups excluding carboxylic acids is 2. The van der Waals surface area contributed by atoms with Gasteiger partial charge in [-0.15, -0.1) is 47.0 Å². The first-order chi connectivity index (χ1) is 17.6. The van der Waals surface area contributed by atoms with Gasteiger partial charge in [-0.05, 0) is 6.42 Å². The topological polar surface area (TPSA) is 77.4 Å². The molecule has 4 nitrogen and oxygen atoms in total. The van der Waals surface area contributed by atoms with Crippen LogP contribution in [0.3, 0.4) is 0 Å². The quantitative estimate of drug-likeness (QED) is 0.0513. The van der Waals surface area contributed by atoms with Gasteiger partial charge in [0.25, 0.3) is 0 Å². The summed E-state index contributed by atoms with van der Waals surface area (Å²) in [6, 6.07) is 0. The molecule has 0 aromatic rings. The predicted octanol–water partition coefficient (Wildman–Crippen LogP) is 7.05. The second-order valence-corrected chi connectivity index (χ2v) is 20.9. The van der Waals surface area contributed by atoms with Crippen LogP contribution in [0.1, 0.15) is 26.2 Å². The van der Waals surface area contributed by atoms with Crippen LogP contribution in [0.25, 0.3) is 0 Å². The SMILES string of the molecule is CCC[S+]([O-])CCSCSCSCCSC(=O)CCSCSCSCCC(=O)SCCSCSCO. The van der Waals surface area contributed by atoms with E-state index in [-0.39, 0.29) is 11.1 Å². The minimum absolute atomic E-state index is 0.163. The third kappa shape index (κ3) is 31.6. The second kappa shape index (κ2) is 32.6. The van der Waals surface area contributed by atoms with E-state index in [9.17, 15) is 14.1 Å². The van der Waals surface area contributed by atoms with Gasteiger partial charge in [0, 0.05) is 78.5 Å². The number of aliphatic hydroxyl groups excluding tert-OH is 1. The summed E-state index contributed by atoms with van der Waals surface area (Å²) in [5, 5.41) is 14.2. The Morgan fingerprint density at radius 2 is 1.06 bits per heavy atom. The van der Waals surface area contributed by atoms with Crippen molar-refractivity contribution < 1.29 is 19.2 Å². The highest BCUT2D eigenvalue weighted by molar-refractivity contribution is 8.23. The van der Waals surface area contributed by atoms with E-state index >= 15 is 0 Å². The molecule has 0 rings (SSSR count). The summed E-state index contributed by atoms with van der Waals surface area (Å²) in [5.41, 5.74) is 0. The summed E-state index contributed by atoms with van der Waals surface area (Å²) in [6.07, 6.45) is 2.27. The molecular formula is C21H40O4S11. The molecule has 0 bridgehead atoms. The van der Waals surface area contributed by atoms with Crippen molar-refractivity contribution in [2.24, 2.45) is 0 Å². The maximum absolute atomic E-state index is 12.0. The largest absolute Gasteiger partial charge is 0.616 e. The fraction of sp³-hybridized carbons (Fsp3) is 0.905. The lowest BCUT2D eigenvalue weighted by Crippen LogP contribution is -2.12. The van der Waals surface area contributed by atoms with Gasteiger partial charge in [-0.25, -0.2) is 0 Å². The van der Waals surface area contributed by atoms with Crippen molar-refractivity contribution >= 4 is 139 Å². The number of aliphatic hydroxyl groups is 1. The van der Waals surface area contributed by atoms with Crippen LogP contribution in [0.15, 0.2) is 0 Å². The molecule has 1 unspecified atom stereocenters. The summed E-state index contributed by atoms with van der Waals surface area (Å²) < 4.78 is 11.6. The molecule has 36 heavy (non-hydrogen) atoms. The lowest BCUT2D eigenvalue weighted by Gasteiger charge is -2.09. The molecule has 15 heteroatoms. The van der Waals surface area contributed by atoms with E-state index in [4.69, 9.17) is 5.11 Å². The van der Waals surface area contributed by atoms with Crippen molar-refractivity contribution in [1.82, 2.24) is 0 Å². The van der Waals surface area contributed by atoms with Crippen molar-refractivity contribution in [3.63, 3.8) is 0 Å². The molecule has 0 amide bonds. The molecule has 0 aromatic heterocycles. The number of thioether (sulfide) groups is 10. The van der Waals surface area contributed by atoms with Gasteiger partial charge < -0.3 is 9.66 Å². The van der Waals surface area contributed by atoms with Gasteiger partial charge in [-0.2, -0.15) is 47.0 Å². The van der Waals surface area contributed by atoms with Crippen molar-refractivity contribution in [2.45, 2.75) is 26.2 Å². The Bertz CT molecular complexity index is 506. The first kappa shape index (κ1) is 39.1. The van der Waals surface area contributed by atoms with Crippen LogP contribution >= 0.6 is 118 Å². The average Bonchev–Trinajstić information content (AvgIpc) is 2.86. The van der Waals surface area contributed by atoms with Crippen LogP contribution in [0.4, 0.5) is 0 Å². The lowest BCUT2D eigenvalue weighted by molar-refractivity contribution is -0.111. The van der Waals surface area contributed by atoms with E-state index in [1.165, 1.54) is 35.3 Å². The van der Waals surface area contributed by atoms with Crippen molar-refractivity contribution in [3.8, 4) is 0 Å². The minimum atomic E-state index is -0.636. The Morgan fingerprint density at radius 3 is 1.53 bits per heavy atom. The zero-order valence-electron chi connectivity index (χ0n) is 20.9. The molecule has 0 radical (unpaired) electrons. The summed E-state index contributed by atoms with van der Waals surface area (Å²) in [7, 11) is 0. The maximum atomic E-state index is 12.0. The molecule has 0 aliphatic carbocycles. The Labute approximate surface area is 264 Å². The summed E-state index contributed by atoms with van der Waals surface area (Å²) >= 11 is 16.7. The van der Waals surface area contributed by atoms with Crippen molar-refractivity contribution in [2.75, 3.05) is 83.1 Å². The van der Waals surface area contributed by atoms with Crippen LogP contribution < -0.4 is 0 Å². The van der Waals surface area contributed by atoms with Crippen LogP contribution in [0, 0.1) is 0 Å². The highest BCUT2D eigenvalue weighted by Gasteiger charge is 2.06. The highest BCUT2D eigenvalue weighted by Crippen LogP contribution is 2.22. The zero-order valence-corrected chi connectivity index (χ0v) is 29.9. The Hall–Kier alpha value is 3.11. The predicted molar refractivity (Wildman–Crippen MR) is 189 cm³/mol. The van der Waals surface area contributed by atoms with Crippen LogP contribution in [-0.4, -0.2) is 103 Å². The minimum Gasteiger partial charge on any atom is -0.616 e. The summed E-state index contributed by atoms with van der Waals surface area (Å²) in [5.74, 6) is 8.26. The standard InChI is InChI=1S/C21H40O4S11/c1-2-12-36(25)13-11-30-19-33-18-29-8-10-35-21(24)4-6-27-17-32-16-26-5-3-20(23)34-9-7-28-15-31-14-22/h22H,2-19H2,1H3. The molecule has 0 aliphatic rings. The molecule has 1 N–H and O–H groups in total. The van der Waals surface area contributed by atoms with Gasteiger partial charge in [-0.3, -0.25) is 9.59 Å². The van der Waals surface area contributed by atoms with E-state index in [2.05, 4.69) is 6.92 Å². The van der Waals surface area contributed by atoms with Crippen molar-refractivity contribution in [1.29, 1.82) is 0 Å². The fourth-order valence-corrected chi connectivity index (χ4v) is 14.2. The smallest absolute Gasteiger partial charge is 0.189 e. The molecule has 0 spiro atoms. The molecule has 0 saturated heterocycles. The third-order valence-electron chi connectivity index (χ3n) is 3.69. The van der Waals surface area contributed by atoms with E-state index in [0.717, 1.165) is 83.6 Å². The van der Waals surface area contributed by atoms with Gasteiger partial charge in [0.1, 0.15) is 11.5 Å². The molecule has 1 atom stereocenters. The lowest BCUT2D eigenvalue weighted by atomic mass is 10.5. The van der Waals surface area contributed by atoms with Gasteiger partial charge in [0.2, 0.25) is 0 Å². The molecule has 214 valence electrons. The van der Waals surface area contributed by atoms with Crippen molar-refractivity contribution in [3.05, 3.63) is 0 Å². The summed E-state index contributed by atoms with van der Waals surface area (Å²) in [6.45, 7) is 2.07. The molecule has 0 saturated carbocycles. The monoisotopic (exact) mass is 708 g/mol. The Morgan fingerprint density at radius 1 is 0.611 bits per heavy atom. The molecular weight excluding hydrogens is 669 g/mol. The first-order valence-electron chi connectivity index (χ1n) is 11.5. The number of carbonyl (C=O) groups is 2. The van der Waals surface area contributed by atoms with E-state index in [0.29, 0.717) is 18.0 Å². The molecule has 0 heterocycles. The number of rotatable bonds is 28. The van der Waals surface area contributed by atoms with Crippen LogP contribution in [0.5, 0.6) is 0 Å². The number of hydrogen-bond donors (Lipinski definition) is 1. The molecule has 0 aromatic carbocycles. The van der Waals surface area contributed by atoms with Gasteiger partial charge in [-0.1, -0.05) is 41.6 Å². The highest BCUT2D eigenvalue weighted by atomic mass is 32.2. The Kier molecular flexibility index (Phi) is 35.4. The third-order valence-corrected chi connectivity index (χ3v) is 17.2. The first-order valence-corrected chi connectivity index (χ1v) is 24.2. The van der Waals surface area contributed by atoms with Gasteiger partial charge in [0.05, 0.1) is 5.94 Å². The summed E-state index contributed by atoms with van der Waals surface area (Å²) in [4.78, 5) is 23.8. The van der Waals surface area contributed by atoms with Crippen LogP contribution in [-0.2, 0) is 20.8 Å². The average molecular weight is 709 g/mol.